The Morgan fingerprint density at radius 2 is 1.63 bits per heavy atom. The molecule has 4 aliphatic rings. The number of nitro benzene ring substituents is 1. The number of non-ortho nitro benzene ring substituents is 1. The van der Waals surface area contributed by atoms with Crippen LogP contribution in [0, 0.1) is 33.8 Å². The van der Waals surface area contributed by atoms with Crippen LogP contribution in [0.15, 0.2) is 29.4 Å². The van der Waals surface area contributed by atoms with Crippen LogP contribution in [-0.4, -0.2) is 28.5 Å². The van der Waals surface area contributed by atoms with Gasteiger partial charge in [-0.05, 0) is 68.3 Å². The molecule has 0 radical (unpaired) electrons. The summed E-state index contributed by atoms with van der Waals surface area (Å²) in [5, 5.41) is 18.0. The van der Waals surface area contributed by atoms with E-state index in [4.69, 9.17) is 0 Å². The van der Waals surface area contributed by atoms with Crippen molar-refractivity contribution < 1.29 is 14.5 Å². The van der Waals surface area contributed by atoms with Crippen LogP contribution in [0.4, 0.5) is 5.69 Å². The number of hydrazone groups is 1. The normalized spacial score (nSPS) is 29.5. The summed E-state index contributed by atoms with van der Waals surface area (Å²) in [5.74, 6) is 2.64. The molecule has 30 heavy (non-hydrogen) atoms. The number of nitrogens with one attached hydrogen (secondary N) is 2. The van der Waals surface area contributed by atoms with Gasteiger partial charge in [-0.15, -0.1) is 0 Å². The number of carbonyl (C=O) groups is 2. The molecule has 0 unspecified atom stereocenters. The predicted octanol–water partition coefficient (Wildman–Crippen LogP) is 2.96. The second-order valence-electron chi connectivity index (χ2n) is 9.18. The molecule has 8 nitrogen and oxygen atoms in total. The first-order chi connectivity index (χ1) is 14.4. The predicted molar refractivity (Wildman–Crippen MR) is 112 cm³/mol. The van der Waals surface area contributed by atoms with Crippen LogP contribution >= 0.6 is 0 Å². The second kappa shape index (κ2) is 8.53. The maximum Gasteiger partial charge on any atom is 0.269 e. The Hall–Kier alpha value is -2.77. The fourth-order valence-corrected chi connectivity index (χ4v) is 5.79. The van der Waals surface area contributed by atoms with Crippen LogP contribution < -0.4 is 10.7 Å². The van der Waals surface area contributed by atoms with Crippen molar-refractivity contribution in [3.63, 3.8) is 0 Å². The number of hydrogen-bond acceptors (Lipinski definition) is 5. The molecule has 4 bridgehead atoms. The number of nitrogens with zero attached hydrogens (tertiary/aromatic N) is 2. The number of carbonyl (C=O) groups excluding carboxylic acids is 2. The minimum absolute atomic E-state index is 0.0156. The zero-order valence-electron chi connectivity index (χ0n) is 17.2. The minimum Gasteiger partial charge on any atom is -0.352 e. The molecule has 0 aliphatic heterocycles. The van der Waals surface area contributed by atoms with Crippen molar-refractivity contribution in [3.05, 3.63) is 39.9 Å². The summed E-state index contributed by atoms with van der Waals surface area (Å²) in [6.45, 7) is 1.72. The molecule has 0 saturated heterocycles. The summed E-state index contributed by atoms with van der Waals surface area (Å²) in [6.07, 6.45) is 6.63. The molecule has 0 atom stereocenters. The van der Waals surface area contributed by atoms with E-state index in [0.717, 1.165) is 11.8 Å². The van der Waals surface area contributed by atoms with E-state index in [1.54, 1.807) is 19.1 Å². The SMILES string of the molecule is C/C(CC(=O)NC1C2CC3CC(C2)CC1C3)=N\NC(=O)Cc1ccc([N+](=O)[O-])cc1. The third-order valence-corrected chi connectivity index (χ3v) is 6.85. The van der Waals surface area contributed by atoms with Gasteiger partial charge in [-0.1, -0.05) is 12.1 Å². The van der Waals surface area contributed by atoms with Crippen molar-refractivity contribution in [2.24, 2.45) is 28.8 Å². The highest BCUT2D eigenvalue weighted by Gasteiger charge is 2.48. The summed E-state index contributed by atoms with van der Waals surface area (Å²) in [6, 6.07) is 6.13. The Balaban J connectivity index is 1.23. The number of amides is 2. The van der Waals surface area contributed by atoms with Crippen molar-refractivity contribution in [2.45, 2.75) is 57.9 Å². The molecular weight excluding hydrogens is 384 g/mol. The molecule has 1 aromatic rings. The van der Waals surface area contributed by atoms with E-state index in [0.29, 0.717) is 29.2 Å². The van der Waals surface area contributed by atoms with Gasteiger partial charge in [0.05, 0.1) is 17.8 Å². The maximum atomic E-state index is 12.5. The summed E-state index contributed by atoms with van der Waals surface area (Å²) in [5.41, 5.74) is 3.66. The lowest BCUT2D eigenvalue weighted by Crippen LogP contribution is -2.56. The van der Waals surface area contributed by atoms with Gasteiger partial charge >= 0.3 is 0 Å². The lowest BCUT2D eigenvalue weighted by atomic mass is 9.54. The molecule has 0 heterocycles. The first kappa shape index (κ1) is 20.5. The molecule has 1 aromatic carbocycles. The molecule has 0 aromatic heterocycles. The first-order valence-corrected chi connectivity index (χ1v) is 10.7. The fraction of sp³-hybridized carbons (Fsp3) is 0.591. The van der Waals surface area contributed by atoms with Crippen LogP contribution in [0.2, 0.25) is 0 Å². The Labute approximate surface area is 175 Å². The van der Waals surface area contributed by atoms with Crippen molar-refractivity contribution in [3.8, 4) is 0 Å². The molecule has 4 saturated carbocycles. The van der Waals surface area contributed by atoms with Crippen LogP contribution in [0.25, 0.3) is 0 Å². The van der Waals surface area contributed by atoms with Crippen molar-refractivity contribution in [1.29, 1.82) is 0 Å². The highest BCUT2D eigenvalue weighted by atomic mass is 16.6. The highest BCUT2D eigenvalue weighted by molar-refractivity contribution is 6.00. The van der Waals surface area contributed by atoms with Crippen molar-refractivity contribution in [2.75, 3.05) is 0 Å². The van der Waals surface area contributed by atoms with E-state index >= 15 is 0 Å². The number of rotatable bonds is 7. The molecule has 2 N–H and O–H groups in total. The van der Waals surface area contributed by atoms with Crippen LogP contribution in [-0.2, 0) is 16.0 Å². The zero-order valence-corrected chi connectivity index (χ0v) is 17.2. The number of hydrogen-bond donors (Lipinski definition) is 2. The van der Waals surface area contributed by atoms with E-state index in [9.17, 15) is 19.7 Å². The zero-order chi connectivity index (χ0) is 21.3. The Morgan fingerprint density at radius 1 is 1.03 bits per heavy atom. The lowest BCUT2D eigenvalue weighted by molar-refractivity contribution is -0.384. The molecule has 160 valence electrons. The smallest absolute Gasteiger partial charge is 0.269 e. The standard InChI is InChI=1S/C22H28N4O4/c1-13(24-25-21(28)12-14-2-4-19(5-3-14)26(29)30)6-20(27)23-22-17-8-15-7-16(10-17)11-18(22)9-15/h2-5,15-18,22H,6-12H2,1H3,(H,23,27)(H,25,28)/b24-13+. The van der Waals surface area contributed by atoms with Crippen LogP contribution in [0.5, 0.6) is 0 Å². The maximum absolute atomic E-state index is 12.5. The Bertz CT molecular complexity index is 836. The molecule has 5 rings (SSSR count). The molecule has 0 spiro atoms. The van der Waals surface area contributed by atoms with E-state index in [1.165, 1.54) is 44.2 Å². The van der Waals surface area contributed by atoms with E-state index in [2.05, 4.69) is 15.8 Å². The summed E-state index contributed by atoms with van der Waals surface area (Å²) in [4.78, 5) is 34.8. The first-order valence-electron chi connectivity index (χ1n) is 10.7. The monoisotopic (exact) mass is 412 g/mol. The summed E-state index contributed by atoms with van der Waals surface area (Å²) < 4.78 is 0. The van der Waals surface area contributed by atoms with Gasteiger partial charge in [0.15, 0.2) is 0 Å². The van der Waals surface area contributed by atoms with Gasteiger partial charge in [0.1, 0.15) is 0 Å². The Kier molecular flexibility index (Phi) is 5.83. The molecule has 4 fully saturated rings. The van der Waals surface area contributed by atoms with Crippen molar-refractivity contribution in [1.82, 2.24) is 10.7 Å². The average Bonchev–Trinajstić information content (AvgIpc) is 2.69. The highest BCUT2D eigenvalue weighted by Crippen LogP contribution is 2.53. The molecule has 4 aliphatic carbocycles. The van der Waals surface area contributed by atoms with Gasteiger partial charge in [-0.3, -0.25) is 19.7 Å². The van der Waals surface area contributed by atoms with E-state index in [1.807, 2.05) is 0 Å². The van der Waals surface area contributed by atoms with Gasteiger partial charge in [0.25, 0.3) is 5.69 Å². The van der Waals surface area contributed by atoms with E-state index < -0.39 is 4.92 Å². The summed E-state index contributed by atoms with van der Waals surface area (Å²) in [7, 11) is 0. The van der Waals surface area contributed by atoms with E-state index in [-0.39, 0.29) is 30.3 Å². The topological polar surface area (TPSA) is 114 Å². The van der Waals surface area contributed by atoms with Crippen LogP contribution in [0.3, 0.4) is 0 Å². The lowest BCUT2D eigenvalue weighted by Gasteiger charge is -2.54. The average molecular weight is 412 g/mol. The van der Waals surface area contributed by atoms with Gasteiger partial charge in [-0.2, -0.15) is 5.10 Å². The molecule has 2 amide bonds. The van der Waals surface area contributed by atoms with Crippen LogP contribution in [0.1, 0.15) is 51.0 Å². The molecule has 8 heteroatoms. The largest absolute Gasteiger partial charge is 0.352 e. The third kappa shape index (κ3) is 4.68. The molecular formula is C22H28N4O4. The van der Waals surface area contributed by atoms with Gasteiger partial charge in [0, 0.05) is 23.9 Å². The Morgan fingerprint density at radius 3 is 2.20 bits per heavy atom. The number of nitro groups is 1. The quantitative estimate of drug-likeness (QED) is 0.407. The van der Waals surface area contributed by atoms with Gasteiger partial charge < -0.3 is 5.32 Å². The summed E-state index contributed by atoms with van der Waals surface area (Å²) >= 11 is 0. The van der Waals surface area contributed by atoms with Gasteiger partial charge in [-0.25, -0.2) is 5.43 Å². The van der Waals surface area contributed by atoms with Crippen molar-refractivity contribution >= 4 is 23.2 Å². The third-order valence-electron chi connectivity index (χ3n) is 6.85. The number of benzene rings is 1. The second-order valence-corrected chi connectivity index (χ2v) is 9.18. The minimum atomic E-state index is -0.480. The fourth-order valence-electron chi connectivity index (χ4n) is 5.79. The van der Waals surface area contributed by atoms with Gasteiger partial charge in [0.2, 0.25) is 11.8 Å².